The van der Waals surface area contributed by atoms with Gasteiger partial charge in [0.05, 0.1) is 11.1 Å². The fourth-order valence-corrected chi connectivity index (χ4v) is 2.87. The Labute approximate surface area is 119 Å². The number of hydrogen-bond acceptors (Lipinski definition) is 4. The first-order chi connectivity index (χ1) is 9.35. The van der Waals surface area contributed by atoms with E-state index >= 15 is 0 Å². The van der Waals surface area contributed by atoms with E-state index in [1.165, 1.54) is 0 Å². The van der Waals surface area contributed by atoms with Crippen molar-refractivity contribution in [3.05, 3.63) is 23.5 Å². The Kier molecular flexibility index (Phi) is 3.99. The van der Waals surface area contributed by atoms with Crippen LogP contribution in [0.15, 0.2) is 12.1 Å². The van der Waals surface area contributed by atoms with E-state index in [-0.39, 0.29) is 11.7 Å². The molecule has 1 aromatic rings. The fourth-order valence-electron chi connectivity index (χ4n) is 2.87. The second-order valence-electron chi connectivity index (χ2n) is 6.00. The van der Waals surface area contributed by atoms with Crippen molar-refractivity contribution in [2.75, 3.05) is 13.1 Å². The number of aromatic nitrogens is 1. The molecule has 2 heterocycles. The van der Waals surface area contributed by atoms with Crippen molar-refractivity contribution < 1.29 is 15.0 Å². The lowest BCUT2D eigenvalue weighted by molar-refractivity contribution is -0.151. The molecule has 1 aliphatic heterocycles. The molecule has 0 radical (unpaired) electrons. The summed E-state index contributed by atoms with van der Waals surface area (Å²) >= 11 is 0. The number of pyridine rings is 1. The minimum absolute atomic E-state index is 0.0871. The van der Waals surface area contributed by atoms with Crippen molar-refractivity contribution in [2.24, 2.45) is 11.3 Å². The SMILES string of the molecule is Cc1ccc(O)c(CN2CCC(C(=O)O)(C(C)C)C2)n1. The van der Waals surface area contributed by atoms with E-state index in [9.17, 15) is 15.0 Å². The van der Waals surface area contributed by atoms with Crippen molar-refractivity contribution in [1.82, 2.24) is 9.88 Å². The van der Waals surface area contributed by atoms with Gasteiger partial charge in [0.1, 0.15) is 5.75 Å². The van der Waals surface area contributed by atoms with E-state index < -0.39 is 11.4 Å². The average molecular weight is 278 g/mol. The lowest BCUT2D eigenvalue weighted by Crippen LogP contribution is -2.39. The van der Waals surface area contributed by atoms with Gasteiger partial charge in [-0.05, 0) is 37.9 Å². The topological polar surface area (TPSA) is 73.7 Å². The molecule has 1 aliphatic rings. The third-order valence-corrected chi connectivity index (χ3v) is 4.37. The molecule has 0 amide bonds. The summed E-state index contributed by atoms with van der Waals surface area (Å²) in [6.07, 6.45) is 0.645. The molecule has 0 saturated carbocycles. The number of carboxylic acid groups (broad SMARTS) is 1. The first-order valence-corrected chi connectivity index (χ1v) is 6.96. The Morgan fingerprint density at radius 3 is 2.75 bits per heavy atom. The van der Waals surface area contributed by atoms with Gasteiger partial charge in [0, 0.05) is 18.8 Å². The fraction of sp³-hybridized carbons (Fsp3) is 0.600. The standard InChI is InChI=1S/C15H22N2O3/c1-10(2)15(14(19)20)6-7-17(9-15)8-12-13(18)5-4-11(3)16-12/h4-5,10,18H,6-9H2,1-3H3,(H,19,20). The van der Waals surface area contributed by atoms with Crippen molar-refractivity contribution in [3.8, 4) is 5.75 Å². The number of carbonyl (C=O) groups is 1. The molecule has 5 heteroatoms. The highest BCUT2D eigenvalue weighted by Crippen LogP contribution is 2.38. The number of carboxylic acids is 1. The summed E-state index contributed by atoms with van der Waals surface area (Å²) in [5, 5.41) is 19.4. The summed E-state index contributed by atoms with van der Waals surface area (Å²) in [6, 6.07) is 3.40. The highest BCUT2D eigenvalue weighted by Gasteiger charge is 2.47. The van der Waals surface area contributed by atoms with Gasteiger partial charge in [0.15, 0.2) is 0 Å². The third kappa shape index (κ3) is 2.63. The van der Waals surface area contributed by atoms with Crippen LogP contribution in [0.4, 0.5) is 0 Å². The maximum absolute atomic E-state index is 11.6. The molecule has 0 spiro atoms. The van der Waals surface area contributed by atoms with Crippen LogP contribution in [-0.2, 0) is 11.3 Å². The maximum atomic E-state index is 11.6. The lowest BCUT2D eigenvalue weighted by Gasteiger charge is -2.28. The summed E-state index contributed by atoms with van der Waals surface area (Å²) in [7, 11) is 0. The Morgan fingerprint density at radius 1 is 1.50 bits per heavy atom. The molecule has 1 saturated heterocycles. The summed E-state index contributed by atoms with van der Waals surface area (Å²) in [5.41, 5.74) is 0.791. The van der Waals surface area contributed by atoms with Gasteiger partial charge in [0.2, 0.25) is 0 Å². The molecular formula is C15H22N2O3. The first-order valence-electron chi connectivity index (χ1n) is 6.96. The van der Waals surface area contributed by atoms with Crippen molar-refractivity contribution in [1.29, 1.82) is 0 Å². The van der Waals surface area contributed by atoms with Gasteiger partial charge in [-0.1, -0.05) is 13.8 Å². The van der Waals surface area contributed by atoms with Crippen LogP contribution in [0.1, 0.15) is 31.7 Å². The number of likely N-dealkylation sites (tertiary alicyclic amines) is 1. The second-order valence-corrected chi connectivity index (χ2v) is 6.00. The molecule has 0 aromatic carbocycles. The molecule has 110 valence electrons. The number of rotatable bonds is 4. The molecule has 1 fully saturated rings. The van der Waals surface area contributed by atoms with Crippen LogP contribution in [0.3, 0.4) is 0 Å². The van der Waals surface area contributed by atoms with Crippen molar-refractivity contribution in [2.45, 2.75) is 33.7 Å². The largest absolute Gasteiger partial charge is 0.506 e. The van der Waals surface area contributed by atoms with Crippen LogP contribution in [-0.4, -0.2) is 39.2 Å². The van der Waals surface area contributed by atoms with Gasteiger partial charge in [-0.15, -0.1) is 0 Å². The number of aliphatic carboxylic acids is 1. The molecule has 20 heavy (non-hydrogen) atoms. The van der Waals surface area contributed by atoms with E-state index in [0.29, 0.717) is 25.2 Å². The smallest absolute Gasteiger partial charge is 0.311 e. The summed E-state index contributed by atoms with van der Waals surface area (Å²) in [4.78, 5) is 18.0. The summed E-state index contributed by atoms with van der Waals surface area (Å²) < 4.78 is 0. The predicted molar refractivity (Wildman–Crippen MR) is 75.4 cm³/mol. The third-order valence-electron chi connectivity index (χ3n) is 4.37. The summed E-state index contributed by atoms with van der Waals surface area (Å²) in [6.45, 7) is 7.52. The molecule has 1 atom stereocenters. The number of hydrogen-bond donors (Lipinski definition) is 2. The number of aryl methyl sites for hydroxylation is 1. The van der Waals surface area contributed by atoms with Crippen LogP contribution in [0.5, 0.6) is 5.75 Å². The molecule has 1 aromatic heterocycles. The second kappa shape index (κ2) is 5.40. The molecule has 1 unspecified atom stereocenters. The van der Waals surface area contributed by atoms with E-state index in [2.05, 4.69) is 9.88 Å². The minimum atomic E-state index is -0.726. The molecule has 2 rings (SSSR count). The van der Waals surface area contributed by atoms with Crippen LogP contribution >= 0.6 is 0 Å². The van der Waals surface area contributed by atoms with E-state index in [0.717, 1.165) is 12.2 Å². The number of aromatic hydroxyl groups is 1. The average Bonchev–Trinajstić information content (AvgIpc) is 2.79. The lowest BCUT2D eigenvalue weighted by atomic mass is 9.76. The van der Waals surface area contributed by atoms with Crippen LogP contribution in [0.2, 0.25) is 0 Å². The molecular weight excluding hydrogens is 256 g/mol. The highest BCUT2D eigenvalue weighted by atomic mass is 16.4. The van der Waals surface area contributed by atoms with Gasteiger partial charge in [-0.25, -0.2) is 0 Å². The van der Waals surface area contributed by atoms with Crippen molar-refractivity contribution in [3.63, 3.8) is 0 Å². The predicted octanol–water partition coefficient (Wildman–Crippen LogP) is 2.03. The van der Waals surface area contributed by atoms with Crippen LogP contribution in [0.25, 0.3) is 0 Å². The normalized spacial score (nSPS) is 23.4. The molecule has 0 bridgehead atoms. The first kappa shape index (κ1) is 14.8. The van der Waals surface area contributed by atoms with Crippen LogP contribution < -0.4 is 0 Å². The maximum Gasteiger partial charge on any atom is 0.311 e. The zero-order chi connectivity index (χ0) is 14.9. The Hall–Kier alpha value is -1.62. The van der Waals surface area contributed by atoms with E-state index in [1.807, 2.05) is 20.8 Å². The van der Waals surface area contributed by atoms with Gasteiger partial charge in [-0.2, -0.15) is 0 Å². The Balaban J connectivity index is 2.14. The highest BCUT2D eigenvalue weighted by molar-refractivity contribution is 5.75. The zero-order valence-corrected chi connectivity index (χ0v) is 12.3. The van der Waals surface area contributed by atoms with Crippen molar-refractivity contribution >= 4 is 5.97 Å². The minimum Gasteiger partial charge on any atom is -0.506 e. The Morgan fingerprint density at radius 2 is 2.20 bits per heavy atom. The van der Waals surface area contributed by atoms with E-state index in [1.54, 1.807) is 12.1 Å². The summed E-state index contributed by atoms with van der Waals surface area (Å²) in [5.74, 6) is -0.464. The quantitative estimate of drug-likeness (QED) is 0.881. The van der Waals surface area contributed by atoms with Gasteiger partial charge < -0.3 is 10.2 Å². The monoisotopic (exact) mass is 278 g/mol. The van der Waals surface area contributed by atoms with Gasteiger partial charge in [0.25, 0.3) is 0 Å². The van der Waals surface area contributed by atoms with Gasteiger partial charge in [-0.3, -0.25) is 14.7 Å². The molecule has 0 aliphatic carbocycles. The van der Waals surface area contributed by atoms with Gasteiger partial charge >= 0.3 is 5.97 Å². The molecule has 2 N–H and O–H groups in total. The Bertz CT molecular complexity index is 516. The van der Waals surface area contributed by atoms with E-state index in [4.69, 9.17) is 0 Å². The molecule has 5 nitrogen and oxygen atoms in total. The zero-order valence-electron chi connectivity index (χ0n) is 12.3. The number of nitrogens with zero attached hydrogens (tertiary/aromatic N) is 2. The van der Waals surface area contributed by atoms with Crippen LogP contribution in [0, 0.1) is 18.3 Å².